The van der Waals surface area contributed by atoms with Crippen molar-refractivity contribution >= 4 is 11.7 Å². The number of piperazine rings is 2. The minimum atomic E-state index is -5.02. The first-order valence-electron chi connectivity index (χ1n) is 14.1. The van der Waals surface area contributed by atoms with Crippen molar-refractivity contribution in [3.63, 3.8) is 0 Å². The number of likely N-dealkylation sites (N-methyl/N-ethyl adjacent to an activating group) is 1. The predicted octanol–water partition coefficient (Wildman–Crippen LogP) is 3.12. The third-order valence-corrected chi connectivity index (χ3v) is 8.40. The number of fused-ring (bicyclic) bond motifs is 1. The summed E-state index contributed by atoms with van der Waals surface area (Å²) in [4.78, 5) is 31.0. The molecular weight excluding hydrogens is 544 g/mol. The average molecular weight is 581 g/mol. The Kier molecular flexibility index (Phi) is 8.67. The highest BCUT2D eigenvalue weighted by Gasteiger charge is 2.37. The lowest BCUT2D eigenvalue weighted by Gasteiger charge is -2.40. The van der Waals surface area contributed by atoms with Crippen LogP contribution in [0.1, 0.15) is 55.0 Å². The Morgan fingerprint density at radius 1 is 1.07 bits per heavy atom. The minimum Gasteiger partial charge on any atom is -0.403 e. The molecule has 2 aromatic rings. The molecule has 3 atom stereocenters. The van der Waals surface area contributed by atoms with Gasteiger partial charge in [0.05, 0.1) is 17.7 Å². The van der Waals surface area contributed by atoms with Crippen molar-refractivity contribution in [3.8, 4) is 5.75 Å². The highest BCUT2D eigenvalue weighted by Crippen LogP contribution is 2.43. The van der Waals surface area contributed by atoms with Crippen LogP contribution in [0.25, 0.3) is 0 Å². The van der Waals surface area contributed by atoms with Crippen molar-refractivity contribution in [3.05, 3.63) is 47.2 Å². The second-order valence-corrected chi connectivity index (χ2v) is 11.0. The number of aliphatic hydroxyl groups excluding tert-OH is 1. The monoisotopic (exact) mass is 580 g/mol. The highest BCUT2D eigenvalue weighted by atomic mass is 19.4. The second-order valence-electron chi connectivity index (χ2n) is 11.0. The Morgan fingerprint density at radius 3 is 2.39 bits per heavy atom. The number of amides is 1. The molecule has 1 aromatic carbocycles. The summed E-state index contributed by atoms with van der Waals surface area (Å²) in [5, 5.41) is 10.4. The topological polar surface area (TPSA) is 85.3 Å². The average Bonchev–Trinajstić information content (AvgIpc) is 3.25. The number of ether oxygens (including phenoxy) is 1. The number of aromatic nitrogens is 2. The highest BCUT2D eigenvalue weighted by molar-refractivity contribution is 5.84. The van der Waals surface area contributed by atoms with Crippen molar-refractivity contribution in [1.29, 1.82) is 0 Å². The number of rotatable bonds is 7. The lowest BCUT2D eigenvalue weighted by Crippen LogP contribution is -2.53. The number of halogens is 4. The zero-order valence-electron chi connectivity index (χ0n) is 23.3. The fraction of sp³-hybridized carbons (Fsp3) is 0.607. The number of carbonyl (C=O) groups excluding carboxylic acids is 1. The van der Waals surface area contributed by atoms with E-state index in [2.05, 4.69) is 36.3 Å². The van der Waals surface area contributed by atoms with E-state index in [1.54, 1.807) is 4.90 Å². The molecule has 0 radical (unpaired) electrons. The molecule has 3 heterocycles. The maximum absolute atomic E-state index is 14.7. The van der Waals surface area contributed by atoms with Gasteiger partial charge in [0.1, 0.15) is 12.1 Å². The first-order chi connectivity index (χ1) is 19.5. The Labute approximate surface area is 236 Å². The molecule has 1 amide bonds. The van der Waals surface area contributed by atoms with Crippen molar-refractivity contribution < 1.29 is 32.2 Å². The molecule has 2 fully saturated rings. The number of alkyl halides is 3. The van der Waals surface area contributed by atoms with Crippen LogP contribution in [0, 0.1) is 5.82 Å². The van der Waals surface area contributed by atoms with Gasteiger partial charge in [-0.2, -0.15) is 0 Å². The smallest absolute Gasteiger partial charge is 0.403 e. The molecule has 224 valence electrons. The first-order valence-corrected chi connectivity index (χ1v) is 14.1. The van der Waals surface area contributed by atoms with E-state index < -0.39 is 30.0 Å². The molecule has 0 bridgehead atoms. The SMILES string of the molecule is CCN1CCN(C[C@H](C(=O)N2CCN(c3ncnc4c3[C@H](C)C[C@H]4O)CC2)c2ccc(OC(F)(F)F)c(F)c2)CC1. The summed E-state index contributed by atoms with van der Waals surface area (Å²) < 4.78 is 56.6. The Bertz CT molecular complexity index is 1230. The Morgan fingerprint density at radius 2 is 1.76 bits per heavy atom. The third kappa shape index (κ3) is 6.57. The van der Waals surface area contributed by atoms with Gasteiger partial charge in [-0.05, 0) is 36.6 Å². The molecule has 0 spiro atoms. The van der Waals surface area contributed by atoms with Gasteiger partial charge >= 0.3 is 6.36 Å². The number of nitrogens with zero attached hydrogens (tertiary/aromatic N) is 6. The molecule has 3 aliphatic rings. The molecule has 5 rings (SSSR count). The van der Waals surface area contributed by atoms with E-state index in [-0.39, 0.29) is 11.8 Å². The third-order valence-electron chi connectivity index (χ3n) is 8.40. The number of carbonyl (C=O) groups is 1. The molecule has 0 saturated carbocycles. The van der Waals surface area contributed by atoms with Crippen LogP contribution < -0.4 is 9.64 Å². The summed E-state index contributed by atoms with van der Waals surface area (Å²) in [6.07, 6.45) is -3.58. The summed E-state index contributed by atoms with van der Waals surface area (Å²) in [5.41, 5.74) is 1.92. The van der Waals surface area contributed by atoms with E-state index in [4.69, 9.17) is 0 Å². The van der Waals surface area contributed by atoms with Crippen LogP contribution in [0.3, 0.4) is 0 Å². The zero-order valence-corrected chi connectivity index (χ0v) is 23.3. The maximum atomic E-state index is 14.7. The first kappa shape index (κ1) is 29.5. The molecule has 1 N–H and O–H groups in total. The van der Waals surface area contributed by atoms with Crippen LogP contribution in [0.2, 0.25) is 0 Å². The van der Waals surface area contributed by atoms with Gasteiger partial charge in [-0.15, -0.1) is 13.2 Å². The van der Waals surface area contributed by atoms with Crippen LogP contribution in [-0.4, -0.2) is 107 Å². The summed E-state index contributed by atoms with van der Waals surface area (Å²) in [6, 6.07) is 3.28. The molecule has 1 aromatic heterocycles. The predicted molar refractivity (Wildman–Crippen MR) is 143 cm³/mol. The van der Waals surface area contributed by atoms with Gasteiger partial charge in [0.15, 0.2) is 11.6 Å². The molecule has 2 saturated heterocycles. The molecule has 41 heavy (non-hydrogen) atoms. The van der Waals surface area contributed by atoms with Gasteiger partial charge < -0.3 is 24.5 Å². The van der Waals surface area contributed by atoms with E-state index in [0.29, 0.717) is 50.4 Å². The van der Waals surface area contributed by atoms with E-state index in [0.717, 1.165) is 56.2 Å². The Hall–Kier alpha value is -3.03. The van der Waals surface area contributed by atoms with Crippen LogP contribution in [0.15, 0.2) is 24.5 Å². The molecule has 2 aliphatic heterocycles. The summed E-state index contributed by atoms with van der Waals surface area (Å²) in [5.74, 6) is -2.13. The van der Waals surface area contributed by atoms with Gasteiger partial charge in [-0.1, -0.05) is 19.9 Å². The fourth-order valence-electron chi connectivity index (χ4n) is 6.13. The second kappa shape index (κ2) is 12.1. The number of benzene rings is 1. The summed E-state index contributed by atoms with van der Waals surface area (Å²) in [7, 11) is 0. The fourth-order valence-corrected chi connectivity index (χ4v) is 6.13. The zero-order chi connectivity index (χ0) is 29.3. The largest absolute Gasteiger partial charge is 0.573 e. The lowest BCUT2D eigenvalue weighted by molar-refractivity contribution is -0.275. The summed E-state index contributed by atoms with van der Waals surface area (Å²) >= 11 is 0. The van der Waals surface area contributed by atoms with Gasteiger partial charge in [-0.25, -0.2) is 14.4 Å². The van der Waals surface area contributed by atoms with Gasteiger partial charge in [0.2, 0.25) is 5.91 Å². The standard InChI is InChI=1S/C28H36F4N6O3/c1-3-35-6-8-36(9-7-35)16-20(19-4-5-23(21(29)15-19)41-28(30,31)32)27(40)38-12-10-37(11-13-38)26-24-18(2)14-22(39)25(24)33-17-34-26/h4-5,15,17-18,20,22,39H,3,6-14,16H2,1-2H3/t18-,20+,22-/m1/s1. The maximum Gasteiger partial charge on any atom is 0.573 e. The quantitative estimate of drug-likeness (QED) is 0.501. The summed E-state index contributed by atoms with van der Waals surface area (Å²) in [6.45, 7) is 10.4. The van der Waals surface area contributed by atoms with Crippen molar-refractivity contribution in [2.24, 2.45) is 0 Å². The van der Waals surface area contributed by atoms with Crippen molar-refractivity contribution in [1.82, 2.24) is 24.7 Å². The lowest BCUT2D eigenvalue weighted by atomic mass is 9.95. The van der Waals surface area contributed by atoms with Gasteiger partial charge in [0.25, 0.3) is 0 Å². The molecule has 1 aliphatic carbocycles. The van der Waals surface area contributed by atoms with Crippen LogP contribution in [0.5, 0.6) is 5.75 Å². The Balaban J connectivity index is 1.32. The van der Waals surface area contributed by atoms with Gasteiger partial charge in [-0.3, -0.25) is 9.69 Å². The number of hydrogen-bond acceptors (Lipinski definition) is 8. The molecule has 9 nitrogen and oxygen atoms in total. The normalized spacial score (nSPS) is 23.0. The van der Waals surface area contributed by atoms with Crippen LogP contribution in [0.4, 0.5) is 23.4 Å². The number of aliphatic hydroxyl groups is 1. The molecular formula is C28H36F4N6O3. The van der Waals surface area contributed by atoms with E-state index in [1.807, 2.05) is 6.92 Å². The minimum absolute atomic E-state index is 0.118. The van der Waals surface area contributed by atoms with Crippen molar-refractivity contribution in [2.75, 3.05) is 70.3 Å². The number of hydrogen-bond donors (Lipinski definition) is 1. The van der Waals surface area contributed by atoms with Crippen LogP contribution >= 0.6 is 0 Å². The van der Waals surface area contributed by atoms with E-state index in [1.165, 1.54) is 12.4 Å². The number of anilines is 1. The van der Waals surface area contributed by atoms with Crippen LogP contribution in [-0.2, 0) is 4.79 Å². The van der Waals surface area contributed by atoms with Crippen molar-refractivity contribution in [2.45, 2.75) is 44.6 Å². The van der Waals surface area contributed by atoms with Gasteiger partial charge in [0, 0.05) is 64.5 Å². The molecule has 0 unspecified atom stereocenters. The molecule has 13 heteroatoms. The van der Waals surface area contributed by atoms with E-state index in [9.17, 15) is 27.5 Å². The van der Waals surface area contributed by atoms with E-state index >= 15 is 0 Å².